The fraction of sp³-hybridized carbons (Fsp3) is 0.238. The van der Waals surface area contributed by atoms with Crippen LogP contribution in [-0.2, 0) is 4.79 Å². The Morgan fingerprint density at radius 3 is 2.41 bits per heavy atom. The first-order valence-corrected chi connectivity index (χ1v) is 11.7. The summed E-state index contributed by atoms with van der Waals surface area (Å²) < 4.78 is 6.39. The molecule has 1 amide bonds. The Kier molecular flexibility index (Phi) is 5.94. The minimum absolute atomic E-state index is 0.00841. The number of ether oxygens (including phenoxy) is 1. The van der Waals surface area contributed by atoms with Crippen molar-refractivity contribution in [3.05, 3.63) is 56.9 Å². The van der Waals surface area contributed by atoms with E-state index < -0.39 is 0 Å². The summed E-state index contributed by atoms with van der Waals surface area (Å²) in [6.07, 6.45) is 0. The van der Waals surface area contributed by atoms with Crippen molar-refractivity contribution in [2.75, 3.05) is 25.1 Å². The summed E-state index contributed by atoms with van der Waals surface area (Å²) in [4.78, 5) is 23.7. The van der Waals surface area contributed by atoms with Crippen molar-refractivity contribution in [3.63, 3.8) is 0 Å². The number of halogens is 1. The number of hydrogen-bond acceptors (Lipinski definition) is 6. The molecule has 2 aromatic rings. The fourth-order valence-electron chi connectivity index (χ4n) is 3.20. The summed E-state index contributed by atoms with van der Waals surface area (Å²) in [7, 11) is 1.67. The Labute approximate surface area is 187 Å². The Morgan fingerprint density at radius 2 is 1.76 bits per heavy atom. The van der Waals surface area contributed by atoms with Crippen molar-refractivity contribution in [1.29, 1.82) is 0 Å². The van der Waals surface area contributed by atoms with Gasteiger partial charge < -0.3 is 9.64 Å². The Bertz CT molecular complexity index is 1020. The van der Waals surface area contributed by atoms with E-state index in [1.54, 1.807) is 23.8 Å². The maximum absolute atomic E-state index is 13.2. The summed E-state index contributed by atoms with van der Waals surface area (Å²) >= 11 is 6.52. The highest BCUT2D eigenvalue weighted by Crippen LogP contribution is 2.51. The number of fused-ring (bicyclic) bond motifs is 1. The number of rotatable bonds is 4. The molecule has 0 saturated carbocycles. The molecule has 0 aliphatic carbocycles. The predicted molar refractivity (Wildman–Crippen MR) is 125 cm³/mol. The first kappa shape index (κ1) is 20.4. The van der Waals surface area contributed by atoms with Gasteiger partial charge in [0.1, 0.15) is 15.7 Å². The van der Waals surface area contributed by atoms with Crippen molar-refractivity contribution >= 4 is 61.9 Å². The van der Waals surface area contributed by atoms with Crippen LogP contribution in [0, 0.1) is 0 Å². The van der Waals surface area contributed by atoms with E-state index in [1.807, 2.05) is 49.4 Å². The van der Waals surface area contributed by atoms with E-state index in [-0.39, 0.29) is 5.91 Å². The average Bonchev–Trinajstić information content (AvgIpc) is 3.25. The third kappa shape index (κ3) is 3.81. The van der Waals surface area contributed by atoms with Gasteiger partial charge in [-0.2, -0.15) is 0 Å². The van der Waals surface area contributed by atoms with Gasteiger partial charge in [-0.3, -0.25) is 9.69 Å². The molecule has 0 aromatic heterocycles. The van der Waals surface area contributed by atoms with E-state index in [2.05, 4.69) is 27.8 Å². The molecule has 0 atom stereocenters. The Morgan fingerprint density at radius 1 is 1.03 bits per heavy atom. The maximum Gasteiger partial charge on any atom is 0.269 e. The number of carbonyl (C=O) groups excluding carboxylic acids is 1. The first-order valence-electron chi connectivity index (χ1n) is 9.27. The number of thioether (sulfide) groups is 2. The van der Waals surface area contributed by atoms with Gasteiger partial charge >= 0.3 is 0 Å². The number of hydrogen-bond donors (Lipinski definition) is 0. The Hall–Kier alpha value is -1.90. The van der Waals surface area contributed by atoms with E-state index in [1.165, 1.54) is 11.8 Å². The van der Waals surface area contributed by atoms with Gasteiger partial charge in [0, 0.05) is 28.5 Å². The molecule has 2 heterocycles. The van der Waals surface area contributed by atoms with Crippen LogP contribution in [0.15, 0.2) is 66.8 Å². The van der Waals surface area contributed by atoms with Gasteiger partial charge in [-0.05, 0) is 62.0 Å². The number of nitrogens with zero attached hydrogens (tertiary/aromatic N) is 3. The highest BCUT2D eigenvalue weighted by Gasteiger charge is 2.39. The molecular formula is C21H20BrN3O2S2. The molecule has 0 unspecified atom stereocenters. The van der Waals surface area contributed by atoms with Crippen LogP contribution in [0.3, 0.4) is 0 Å². The highest BCUT2D eigenvalue weighted by atomic mass is 79.9. The minimum Gasteiger partial charge on any atom is -0.497 e. The summed E-state index contributed by atoms with van der Waals surface area (Å²) in [5.41, 5.74) is 1.90. The standard InChI is InChI=1S/C21H20BrN3O2S2/c1-4-24-16-12-15(27-3)10-11-17(16)28-20(24)18-19(26)25(5-2)21(29-18)23-14-8-6-13(22)7-9-14/h6-12H,4-5H2,1-3H3. The van der Waals surface area contributed by atoms with Crippen molar-refractivity contribution in [2.24, 2.45) is 4.99 Å². The Balaban J connectivity index is 1.73. The van der Waals surface area contributed by atoms with Gasteiger partial charge in [0.05, 0.1) is 18.5 Å². The van der Waals surface area contributed by atoms with Crippen LogP contribution in [0.2, 0.25) is 0 Å². The topological polar surface area (TPSA) is 45.1 Å². The highest BCUT2D eigenvalue weighted by molar-refractivity contribution is 9.10. The lowest BCUT2D eigenvalue weighted by Crippen LogP contribution is -2.29. The monoisotopic (exact) mass is 489 g/mol. The van der Waals surface area contributed by atoms with Crippen LogP contribution in [0.5, 0.6) is 5.75 Å². The van der Waals surface area contributed by atoms with Gasteiger partial charge in [-0.1, -0.05) is 27.7 Å². The van der Waals surface area contributed by atoms with E-state index >= 15 is 0 Å². The van der Waals surface area contributed by atoms with Crippen LogP contribution in [0.1, 0.15) is 13.8 Å². The van der Waals surface area contributed by atoms with Crippen molar-refractivity contribution in [2.45, 2.75) is 18.7 Å². The van der Waals surface area contributed by atoms with Gasteiger partial charge in [-0.15, -0.1) is 0 Å². The van der Waals surface area contributed by atoms with E-state index in [0.29, 0.717) is 11.7 Å². The van der Waals surface area contributed by atoms with Crippen LogP contribution in [-0.4, -0.2) is 36.2 Å². The second kappa shape index (κ2) is 8.45. The van der Waals surface area contributed by atoms with Crippen molar-refractivity contribution < 1.29 is 9.53 Å². The van der Waals surface area contributed by atoms with Crippen LogP contribution < -0.4 is 9.64 Å². The number of likely N-dealkylation sites (N-methyl/N-ethyl adjacent to an activating group) is 1. The number of benzene rings is 2. The quantitative estimate of drug-likeness (QED) is 0.504. The molecule has 0 bridgehead atoms. The molecule has 0 radical (unpaired) electrons. The van der Waals surface area contributed by atoms with Gasteiger partial charge in [0.2, 0.25) is 0 Å². The molecule has 2 aliphatic heterocycles. The summed E-state index contributed by atoms with van der Waals surface area (Å²) in [5.74, 6) is 0.821. The largest absolute Gasteiger partial charge is 0.497 e. The zero-order chi connectivity index (χ0) is 20.5. The van der Waals surface area contributed by atoms with Crippen LogP contribution >= 0.6 is 39.5 Å². The third-order valence-electron chi connectivity index (χ3n) is 4.65. The number of amidine groups is 1. The number of methoxy groups -OCH3 is 1. The normalized spacial score (nSPS) is 20.0. The second-order valence-corrected chi connectivity index (χ2v) is 9.26. The first-order chi connectivity index (χ1) is 14.0. The lowest BCUT2D eigenvalue weighted by atomic mass is 10.2. The van der Waals surface area contributed by atoms with Gasteiger partial charge in [-0.25, -0.2) is 4.99 Å². The van der Waals surface area contributed by atoms with Crippen molar-refractivity contribution in [1.82, 2.24) is 4.90 Å². The van der Waals surface area contributed by atoms with Crippen LogP contribution in [0.25, 0.3) is 0 Å². The molecule has 4 rings (SSSR count). The molecule has 0 N–H and O–H groups in total. The van der Waals surface area contributed by atoms with Crippen molar-refractivity contribution in [3.8, 4) is 5.75 Å². The maximum atomic E-state index is 13.2. The number of carbonyl (C=O) groups is 1. The summed E-state index contributed by atoms with van der Waals surface area (Å²) in [6, 6.07) is 13.8. The molecule has 150 valence electrons. The summed E-state index contributed by atoms with van der Waals surface area (Å²) in [5, 5.41) is 1.68. The average molecular weight is 490 g/mol. The fourth-order valence-corrected chi connectivity index (χ4v) is 5.90. The molecule has 2 aliphatic rings. The summed E-state index contributed by atoms with van der Waals surface area (Å²) in [6.45, 7) is 5.41. The number of anilines is 1. The zero-order valence-corrected chi connectivity index (χ0v) is 19.5. The SMILES string of the molecule is CCN1C(=O)C(=C2Sc3ccc(OC)cc3N2CC)SC1=Nc1ccc(Br)cc1. The lowest BCUT2D eigenvalue weighted by molar-refractivity contribution is -0.122. The molecule has 0 spiro atoms. The molecule has 2 aromatic carbocycles. The molecule has 8 heteroatoms. The minimum atomic E-state index is 0.00841. The molecule has 1 fully saturated rings. The molecule has 29 heavy (non-hydrogen) atoms. The molecule has 5 nitrogen and oxygen atoms in total. The van der Waals surface area contributed by atoms with E-state index in [4.69, 9.17) is 9.73 Å². The van der Waals surface area contributed by atoms with E-state index in [0.717, 1.165) is 43.0 Å². The number of aliphatic imine (C=N–C) groups is 1. The smallest absolute Gasteiger partial charge is 0.269 e. The predicted octanol–water partition coefficient (Wildman–Crippen LogP) is 5.84. The van der Waals surface area contributed by atoms with Crippen LogP contribution in [0.4, 0.5) is 11.4 Å². The lowest BCUT2D eigenvalue weighted by Gasteiger charge is -2.19. The van der Waals surface area contributed by atoms with Gasteiger partial charge in [0.25, 0.3) is 5.91 Å². The molecule has 1 saturated heterocycles. The van der Waals surface area contributed by atoms with Gasteiger partial charge in [0.15, 0.2) is 5.17 Å². The molecular weight excluding hydrogens is 470 g/mol. The second-order valence-electron chi connectivity index (χ2n) is 6.34. The van der Waals surface area contributed by atoms with E-state index in [9.17, 15) is 4.79 Å². The third-order valence-corrected chi connectivity index (χ3v) is 7.56. The number of amides is 1. The zero-order valence-electron chi connectivity index (χ0n) is 16.3.